The highest BCUT2D eigenvalue weighted by atomic mass is 16.7. The van der Waals surface area contributed by atoms with Gasteiger partial charge < -0.3 is 33.3 Å². The normalized spacial score (nSPS) is 13.2. The number of hydrogen-bond donors (Lipinski definition) is 0. The van der Waals surface area contributed by atoms with Gasteiger partial charge >= 0.3 is 11.9 Å². The monoisotopic (exact) mass is 710 g/mol. The number of carbonyl (C=O) groups is 3. The van der Waals surface area contributed by atoms with Crippen LogP contribution in [0.3, 0.4) is 0 Å². The molecule has 9 heteroatoms. The van der Waals surface area contributed by atoms with E-state index in [-0.39, 0.29) is 38.6 Å². The molecule has 292 valence electrons. The van der Waals surface area contributed by atoms with Crippen LogP contribution in [0.25, 0.3) is 0 Å². The lowest BCUT2D eigenvalue weighted by atomic mass is 10.1. The maximum absolute atomic E-state index is 12.7. The first-order chi connectivity index (χ1) is 24.1. The third-order valence-electron chi connectivity index (χ3n) is 8.40. The fraction of sp³-hybridized carbons (Fsp3) is 0.829. The zero-order chi connectivity index (χ0) is 37.1. The molecule has 0 amide bonds. The highest BCUT2D eigenvalue weighted by Crippen LogP contribution is 2.13. The number of rotatable bonds is 36. The molecular formula is C41H75NO8. The molecule has 0 saturated carbocycles. The molecule has 0 bridgehead atoms. The molecule has 0 saturated heterocycles. The van der Waals surface area contributed by atoms with Crippen LogP contribution in [-0.4, -0.2) is 82.3 Å². The highest BCUT2D eigenvalue weighted by molar-refractivity contribution is 5.70. The fourth-order valence-corrected chi connectivity index (χ4v) is 5.24. The summed E-state index contributed by atoms with van der Waals surface area (Å²) >= 11 is 0. The molecule has 0 rings (SSSR count). The largest absolute Gasteiger partial charge is 0.545 e. The zero-order valence-electron chi connectivity index (χ0n) is 32.8. The number of quaternary nitrogens is 1. The Balaban J connectivity index is 4.52. The second kappa shape index (κ2) is 33.9. The average Bonchev–Trinajstić information content (AvgIpc) is 3.06. The lowest BCUT2D eigenvalue weighted by Gasteiger charge is -2.26. The van der Waals surface area contributed by atoms with Crippen LogP contribution in [0, 0.1) is 0 Å². The number of carbonyl (C=O) groups excluding carboxylic acids is 3. The number of likely N-dealkylation sites (N-methyl/N-ethyl adjacent to an activating group) is 1. The number of ether oxygens (including phenoxy) is 4. The summed E-state index contributed by atoms with van der Waals surface area (Å²) in [4.78, 5) is 36.7. The van der Waals surface area contributed by atoms with Crippen molar-refractivity contribution in [3.63, 3.8) is 0 Å². The summed E-state index contributed by atoms with van der Waals surface area (Å²) in [5.74, 6) is -2.31. The van der Waals surface area contributed by atoms with Crippen LogP contribution >= 0.6 is 0 Å². The second-order valence-electron chi connectivity index (χ2n) is 14.6. The Hall–Kier alpha value is -2.23. The summed E-state index contributed by atoms with van der Waals surface area (Å²) in [6, 6.07) is 0. The third kappa shape index (κ3) is 34.2. The molecule has 0 aliphatic rings. The van der Waals surface area contributed by atoms with Crippen LogP contribution in [0.15, 0.2) is 24.3 Å². The predicted molar refractivity (Wildman–Crippen MR) is 200 cm³/mol. The average molecular weight is 710 g/mol. The van der Waals surface area contributed by atoms with Crippen LogP contribution < -0.4 is 5.11 Å². The summed E-state index contributed by atoms with van der Waals surface area (Å²) in [6.07, 6.45) is 30.7. The van der Waals surface area contributed by atoms with Gasteiger partial charge in [-0.15, -0.1) is 0 Å². The predicted octanol–water partition coefficient (Wildman–Crippen LogP) is 8.38. The van der Waals surface area contributed by atoms with Gasteiger partial charge in [-0.1, -0.05) is 115 Å². The van der Waals surface area contributed by atoms with E-state index in [0.29, 0.717) is 17.4 Å². The molecule has 0 N–H and O–H groups in total. The summed E-state index contributed by atoms with van der Waals surface area (Å²) in [5, 5.41) is 11.6. The van der Waals surface area contributed by atoms with Crippen molar-refractivity contribution in [3.05, 3.63) is 24.3 Å². The standard InChI is InChI=1S/C41H75NO8/c1-6-8-10-12-14-16-18-19-20-21-22-24-26-28-30-32-39(44)50-37(36-49-41(40(45)46)47-34-33-42(3,4)5)35-48-38(43)31-29-27-25-23-17-15-13-11-9-7-2/h11,13,19-20,37,41H,6-10,12,14-18,21-36H2,1-5H3/b13-11-,20-19-. The minimum Gasteiger partial charge on any atom is -0.545 e. The Kier molecular flexibility index (Phi) is 32.4. The minimum absolute atomic E-state index is 0.145. The van der Waals surface area contributed by atoms with E-state index in [9.17, 15) is 19.5 Å². The van der Waals surface area contributed by atoms with Gasteiger partial charge in [-0.05, 0) is 57.8 Å². The molecule has 0 aromatic heterocycles. The number of allylic oxidation sites excluding steroid dienone is 4. The van der Waals surface area contributed by atoms with Crippen molar-refractivity contribution < 1.29 is 42.9 Å². The van der Waals surface area contributed by atoms with E-state index >= 15 is 0 Å². The third-order valence-corrected chi connectivity index (χ3v) is 8.40. The van der Waals surface area contributed by atoms with E-state index in [1.54, 1.807) is 0 Å². The summed E-state index contributed by atoms with van der Waals surface area (Å²) in [7, 11) is 5.89. The first-order valence-corrected chi connectivity index (χ1v) is 20.0. The van der Waals surface area contributed by atoms with E-state index in [4.69, 9.17) is 18.9 Å². The molecule has 0 aromatic carbocycles. The Bertz CT molecular complexity index is 882. The Labute approximate surface area is 306 Å². The van der Waals surface area contributed by atoms with Gasteiger partial charge in [0.1, 0.15) is 13.2 Å². The molecular weight excluding hydrogens is 634 g/mol. The molecule has 0 aliphatic heterocycles. The summed E-state index contributed by atoms with van der Waals surface area (Å²) in [6.45, 7) is 4.63. The molecule has 2 atom stereocenters. The van der Waals surface area contributed by atoms with Crippen LogP contribution in [0.4, 0.5) is 0 Å². The number of nitrogens with zero attached hydrogens (tertiary/aromatic N) is 1. The van der Waals surface area contributed by atoms with Crippen molar-refractivity contribution >= 4 is 17.9 Å². The number of esters is 2. The van der Waals surface area contributed by atoms with Gasteiger partial charge in [-0.2, -0.15) is 0 Å². The van der Waals surface area contributed by atoms with E-state index < -0.39 is 24.3 Å². The minimum atomic E-state index is -1.62. The number of carboxylic acids is 1. The molecule has 0 fully saturated rings. The van der Waals surface area contributed by atoms with Gasteiger partial charge in [0.25, 0.3) is 0 Å². The maximum Gasteiger partial charge on any atom is 0.306 e. The van der Waals surface area contributed by atoms with Crippen molar-refractivity contribution in [2.45, 2.75) is 174 Å². The molecule has 0 aliphatic carbocycles. The Morgan fingerprint density at radius 1 is 0.580 bits per heavy atom. The van der Waals surface area contributed by atoms with Crippen molar-refractivity contribution in [3.8, 4) is 0 Å². The van der Waals surface area contributed by atoms with Crippen molar-refractivity contribution in [2.24, 2.45) is 0 Å². The van der Waals surface area contributed by atoms with Gasteiger partial charge in [0, 0.05) is 12.8 Å². The highest BCUT2D eigenvalue weighted by Gasteiger charge is 2.21. The smallest absolute Gasteiger partial charge is 0.306 e. The molecule has 0 spiro atoms. The number of unbranched alkanes of at least 4 members (excludes halogenated alkanes) is 17. The Morgan fingerprint density at radius 2 is 1.06 bits per heavy atom. The van der Waals surface area contributed by atoms with Crippen LogP contribution in [-0.2, 0) is 33.3 Å². The first-order valence-electron chi connectivity index (χ1n) is 20.0. The van der Waals surface area contributed by atoms with Gasteiger partial charge in [-0.3, -0.25) is 9.59 Å². The topological polar surface area (TPSA) is 111 Å². The van der Waals surface area contributed by atoms with Gasteiger partial charge in [0.05, 0.1) is 40.3 Å². The molecule has 50 heavy (non-hydrogen) atoms. The van der Waals surface area contributed by atoms with Crippen LogP contribution in [0.2, 0.25) is 0 Å². The van der Waals surface area contributed by atoms with E-state index in [2.05, 4.69) is 38.2 Å². The summed E-state index contributed by atoms with van der Waals surface area (Å²) < 4.78 is 22.4. The van der Waals surface area contributed by atoms with E-state index in [1.807, 2.05) is 21.1 Å². The SMILES string of the molecule is CCC/C=C\CCCCCCCC(=O)OCC(COC(OCC[N+](C)(C)C)C(=O)[O-])OC(=O)CCCCCCC/C=C\CCCCCCCC. The second-order valence-corrected chi connectivity index (χ2v) is 14.6. The van der Waals surface area contributed by atoms with Crippen molar-refractivity contribution in [1.29, 1.82) is 0 Å². The van der Waals surface area contributed by atoms with Gasteiger partial charge in [-0.25, -0.2) is 0 Å². The number of aliphatic carboxylic acids is 1. The van der Waals surface area contributed by atoms with Crippen molar-refractivity contribution in [2.75, 3.05) is 47.5 Å². The first kappa shape index (κ1) is 47.8. The number of hydrogen-bond acceptors (Lipinski definition) is 8. The molecule has 0 heterocycles. The van der Waals surface area contributed by atoms with Crippen molar-refractivity contribution in [1.82, 2.24) is 0 Å². The van der Waals surface area contributed by atoms with Gasteiger partial charge in [0.2, 0.25) is 0 Å². The van der Waals surface area contributed by atoms with Crippen LogP contribution in [0.5, 0.6) is 0 Å². The van der Waals surface area contributed by atoms with Crippen LogP contribution in [0.1, 0.15) is 162 Å². The summed E-state index contributed by atoms with van der Waals surface area (Å²) in [5.41, 5.74) is 0. The zero-order valence-corrected chi connectivity index (χ0v) is 32.8. The molecule has 0 radical (unpaired) electrons. The maximum atomic E-state index is 12.7. The number of carboxylic acid groups (broad SMARTS) is 1. The lowest BCUT2D eigenvalue weighted by Crippen LogP contribution is -2.44. The quantitative estimate of drug-likeness (QED) is 0.0210. The molecule has 0 aromatic rings. The fourth-order valence-electron chi connectivity index (χ4n) is 5.24. The lowest BCUT2D eigenvalue weighted by molar-refractivity contribution is -0.870. The molecule has 2 unspecified atom stereocenters. The molecule has 9 nitrogen and oxygen atoms in total. The van der Waals surface area contributed by atoms with Gasteiger partial charge in [0.15, 0.2) is 12.4 Å². The van der Waals surface area contributed by atoms with E-state index in [1.165, 1.54) is 51.4 Å². The van der Waals surface area contributed by atoms with E-state index in [0.717, 1.165) is 77.0 Å². The Morgan fingerprint density at radius 3 is 1.56 bits per heavy atom.